The molecule has 0 bridgehead atoms. The molecule has 0 radical (unpaired) electrons. The van der Waals surface area contributed by atoms with Crippen LogP contribution in [0.4, 0.5) is 10.5 Å². The summed E-state index contributed by atoms with van der Waals surface area (Å²) in [6.45, 7) is 1.37. The van der Waals surface area contributed by atoms with Gasteiger partial charge in [-0.15, -0.1) is 0 Å². The molecular weight excluding hydrogens is 260 g/mol. The van der Waals surface area contributed by atoms with E-state index in [1.165, 1.54) is 20.1 Å². The highest BCUT2D eigenvalue weighted by atomic mass is 35.5. The van der Waals surface area contributed by atoms with Crippen molar-refractivity contribution in [2.75, 3.05) is 12.4 Å². The molecule has 1 aromatic rings. The van der Waals surface area contributed by atoms with Crippen LogP contribution in [-0.4, -0.2) is 30.3 Å². The van der Waals surface area contributed by atoms with Crippen molar-refractivity contribution in [3.8, 4) is 5.75 Å². The number of halogens is 1. The Bertz CT molecular complexity index is 464. The van der Waals surface area contributed by atoms with Gasteiger partial charge in [0.05, 0.1) is 12.1 Å². The summed E-state index contributed by atoms with van der Waals surface area (Å²) in [6, 6.07) is 3.09. The monoisotopic (exact) mass is 272 g/mol. The number of aliphatic carboxylic acids is 1. The molecule has 6 nitrogen and oxygen atoms in total. The number of carbonyl (C=O) groups is 2. The van der Waals surface area contributed by atoms with E-state index in [-0.39, 0.29) is 0 Å². The van der Waals surface area contributed by atoms with Gasteiger partial charge in [0, 0.05) is 11.8 Å². The SMILES string of the molecule is COc1cc(NC(=O)N[C@H](C)C(=O)O)ccc1Cl. The van der Waals surface area contributed by atoms with Gasteiger partial charge in [0.1, 0.15) is 11.8 Å². The molecule has 0 saturated heterocycles. The van der Waals surface area contributed by atoms with Gasteiger partial charge in [0.15, 0.2) is 0 Å². The zero-order valence-electron chi connectivity index (χ0n) is 9.86. The van der Waals surface area contributed by atoms with Gasteiger partial charge < -0.3 is 20.5 Å². The summed E-state index contributed by atoms with van der Waals surface area (Å²) in [5.74, 6) is -0.695. The zero-order valence-corrected chi connectivity index (χ0v) is 10.6. The van der Waals surface area contributed by atoms with Crippen molar-refractivity contribution in [1.29, 1.82) is 0 Å². The number of carbonyl (C=O) groups excluding carboxylic acids is 1. The van der Waals surface area contributed by atoms with Crippen LogP contribution in [0.2, 0.25) is 5.02 Å². The number of hydrogen-bond acceptors (Lipinski definition) is 3. The summed E-state index contributed by atoms with van der Waals surface area (Å²) in [7, 11) is 1.46. The predicted molar refractivity (Wildman–Crippen MR) is 67.3 cm³/mol. The van der Waals surface area contributed by atoms with E-state index in [4.69, 9.17) is 21.4 Å². The third-order valence-electron chi connectivity index (χ3n) is 2.13. The van der Waals surface area contributed by atoms with Crippen LogP contribution in [0.5, 0.6) is 5.75 Å². The summed E-state index contributed by atoms with van der Waals surface area (Å²) in [5.41, 5.74) is 0.450. The molecule has 0 saturated carbocycles. The molecule has 0 spiro atoms. The minimum absolute atomic E-state index is 0.417. The number of carboxylic acid groups (broad SMARTS) is 1. The number of urea groups is 1. The first-order valence-corrected chi connectivity index (χ1v) is 5.45. The molecule has 18 heavy (non-hydrogen) atoms. The van der Waals surface area contributed by atoms with Gasteiger partial charge in [0.25, 0.3) is 0 Å². The molecule has 1 rings (SSSR count). The summed E-state index contributed by atoms with van der Waals surface area (Å²) >= 11 is 5.83. The summed E-state index contributed by atoms with van der Waals surface area (Å²) in [4.78, 5) is 22.0. The minimum atomic E-state index is -1.11. The molecule has 0 fully saturated rings. The molecule has 0 aliphatic rings. The summed E-state index contributed by atoms with van der Waals surface area (Å²) < 4.78 is 4.99. The van der Waals surface area contributed by atoms with E-state index in [1.54, 1.807) is 12.1 Å². The Morgan fingerprint density at radius 3 is 2.67 bits per heavy atom. The molecule has 0 aromatic heterocycles. The molecule has 3 N–H and O–H groups in total. The number of hydrogen-bond donors (Lipinski definition) is 3. The largest absolute Gasteiger partial charge is 0.495 e. The van der Waals surface area contributed by atoms with Crippen molar-refractivity contribution in [1.82, 2.24) is 5.32 Å². The molecule has 0 aliphatic carbocycles. The molecule has 0 unspecified atom stereocenters. The van der Waals surface area contributed by atoms with Gasteiger partial charge in [-0.3, -0.25) is 4.79 Å². The second-order valence-electron chi connectivity index (χ2n) is 3.51. The lowest BCUT2D eigenvalue weighted by Crippen LogP contribution is -2.40. The zero-order chi connectivity index (χ0) is 13.7. The highest BCUT2D eigenvalue weighted by Crippen LogP contribution is 2.27. The summed E-state index contributed by atoms with van der Waals surface area (Å²) in [6.07, 6.45) is 0. The van der Waals surface area contributed by atoms with Crippen LogP contribution in [0.1, 0.15) is 6.92 Å². The number of carboxylic acids is 1. The summed E-state index contributed by atoms with van der Waals surface area (Å²) in [5, 5.41) is 13.8. The Kier molecular flexibility index (Phi) is 4.79. The third kappa shape index (κ3) is 3.81. The first-order valence-electron chi connectivity index (χ1n) is 5.08. The lowest BCUT2D eigenvalue weighted by atomic mass is 10.3. The fraction of sp³-hybridized carbons (Fsp3) is 0.273. The van der Waals surface area contributed by atoms with Crippen molar-refractivity contribution < 1.29 is 19.4 Å². The number of rotatable bonds is 4. The van der Waals surface area contributed by atoms with E-state index in [0.29, 0.717) is 16.5 Å². The lowest BCUT2D eigenvalue weighted by molar-refractivity contribution is -0.138. The number of benzene rings is 1. The quantitative estimate of drug-likeness (QED) is 0.782. The molecule has 1 aromatic carbocycles. The minimum Gasteiger partial charge on any atom is -0.495 e. The number of methoxy groups -OCH3 is 1. The number of ether oxygens (including phenoxy) is 1. The highest BCUT2D eigenvalue weighted by molar-refractivity contribution is 6.32. The fourth-order valence-electron chi connectivity index (χ4n) is 1.16. The van der Waals surface area contributed by atoms with Crippen LogP contribution in [0.3, 0.4) is 0 Å². The van der Waals surface area contributed by atoms with Crippen LogP contribution in [0.25, 0.3) is 0 Å². The van der Waals surface area contributed by atoms with Crippen LogP contribution < -0.4 is 15.4 Å². The van der Waals surface area contributed by atoms with E-state index >= 15 is 0 Å². The maximum atomic E-state index is 11.5. The molecule has 0 heterocycles. The smallest absolute Gasteiger partial charge is 0.325 e. The predicted octanol–water partition coefficient (Wildman–Crippen LogP) is 1.94. The topological polar surface area (TPSA) is 87.7 Å². The van der Waals surface area contributed by atoms with E-state index in [9.17, 15) is 9.59 Å². The third-order valence-corrected chi connectivity index (χ3v) is 2.44. The first-order chi connectivity index (χ1) is 8.43. The number of anilines is 1. The Morgan fingerprint density at radius 1 is 1.44 bits per heavy atom. The van der Waals surface area contributed by atoms with E-state index in [2.05, 4.69) is 10.6 Å². The van der Waals surface area contributed by atoms with Gasteiger partial charge in [-0.25, -0.2) is 4.79 Å². The van der Waals surface area contributed by atoms with E-state index in [0.717, 1.165) is 0 Å². The molecular formula is C11H13ClN2O4. The highest BCUT2D eigenvalue weighted by Gasteiger charge is 2.14. The second-order valence-corrected chi connectivity index (χ2v) is 3.91. The Hall–Kier alpha value is -1.95. The second kappa shape index (κ2) is 6.11. The van der Waals surface area contributed by atoms with Gasteiger partial charge in [-0.2, -0.15) is 0 Å². The molecule has 2 amide bonds. The van der Waals surface area contributed by atoms with Crippen LogP contribution >= 0.6 is 11.6 Å². The van der Waals surface area contributed by atoms with Crippen molar-refractivity contribution in [3.63, 3.8) is 0 Å². The fourth-order valence-corrected chi connectivity index (χ4v) is 1.36. The molecule has 1 atom stereocenters. The van der Waals surface area contributed by atoms with Crippen LogP contribution in [0.15, 0.2) is 18.2 Å². The maximum absolute atomic E-state index is 11.5. The Balaban J connectivity index is 2.67. The number of amides is 2. The van der Waals surface area contributed by atoms with Gasteiger partial charge in [-0.05, 0) is 19.1 Å². The van der Waals surface area contributed by atoms with Crippen molar-refractivity contribution in [2.45, 2.75) is 13.0 Å². The van der Waals surface area contributed by atoms with Crippen LogP contribution in [-0.2, 0) is 4.79 Å². The Morgan fingerprint density at radius 2 is 2.11 bits per heavy atom. The molecule has 7 heteroatoms. The van der Waals surface area contributed by atoms with Crippen LogP contribution in [0, 0.1) is 0 Å². The Labute approximate surface area is 109 Å². The average molecular weight is 273 g/mol. The normalized spacial score (nSPS) is 11.5. The maximum Gasteiger partial charge on any atom is 0.325 e. The molecule has 98 valence electrons. The van der Waals surface area contributed by atoms with Gasteiger partial charge >= 0.3 is 12.0 Å². The van der Waals surface area contributed by atoms with Crippen molar-refractivity contribution in [3.05, 3.63) is 23.2 Å². The van der Waals surface area contributed by atoms with E-state index < -0.39 is 18.0 Å². The van der Waals surface area contributed by atoms with Crippen molar-refractivity contribution in [2.24, 2.45) is 0 Å². The number of nitrogens with one attached hydrogen (secondary N) is 2. The molecule has 0 aliphatic heterocycles. The van der Waals surface area contributed by atoms with Gasteiger partial charge in [0.2, 0.25) is 0 Å². The first kappa shape index (κ1) is 14.1. The average Bonchev–Trinajstić information content (AvgIpc) is 2.31. The standard InChI is InChI=1S/C11H13ClN2O4/c1-6(10(15)16)13-11(17)14-7-3-4-8(12)9(5-7)18-2/h3-6H,1-2H3,(H,15,16)(H2,13,14,17)/t6-/m1/s1. The van der Waals surface area contributed by atoms with Gasteiger partial charge in [-0.1, -0.05) is 11.6 Å². The lowest BCUT2D eigenvalue weighted by Gasteiger charge is -2.11. The van der Waals surface area contributed by atoms with E-state index in [1.807, 2.05) is 0 Å². The van der Waals surface area contributed by atoms with Crippen molar-refractivity contribution >= 4 is 29.3 Å².